The number of halogens is 1. The van der Waals surface area contributed by atoms with E-state index in [1.54, 1.807) is 0 Å². The molecule has 0 N–H and O–H groups in total. The molecule has 1 radical (unpaired) electrons. The Balaban J connectivity index is 3.04. The normalized spacial score (nSPS) is 12.0. The first-order valence-corrected chi connectivity index (χ1v) is 8.18. The van der Waals surface area contributed by atoms with E-state index in [2.05, 4.69) is 26.1 Å². The van der Waals surface area contributed by atoms with Crippen molar-refractivity contribution in [1.29, 1.82) is 0 Å². The highest BCUT2D eigenvalue weighted by atomic mass is 35.5. The maximum absolute atomic E-state index is 5.54. The van der Waals surface area contributed by atoms with Gasteiger partial charge in [-0.2, -0.15) is 0 Å². The van der Waals surface area contributed by atoms with Crippen LogP contribution in [0.25, 0.3) is 0 Å². The molecule has 0 amide bonds. The molecule has 0 bridgehead atoms. The van der Waals surface area contributed by atoms with E-state index in [9.17, 15) is 0 Å². The van der Waals surface area contributed by atoms with Crippen LogP contribution in [0, 0.1) is 6.42 Å². The molecule has 0 aromatic heterocycles. The van der Waals surface area contributed by atoms with Crippen LogP contribution >= 0.6 is 11.6 Å². The van der Waals surface area contributed by atoms with Crippen LogP contribution in [0.4, 0.5) is 0 Å². The van der Waals surface area contributed by atoms with E-state index >= 15 is 0 Å². The van der Waals surface area contributed by atoms with Crippen molar-refractivity contribution in [3.05, 3.63) is 6.42 Å². The second kappa shape index (κ2) is 5.20. The van der Waals surface area contributed by atoms with E-state index in [1.807, 2.05) is 0 Å². The number of hydrogen-bond donors (Lipinski definition) is 0. The van der Waals surface area contributed by atoms with Crippen LogP contribution in [0.2, 0.25) is 25.7 Å². The zero-order valence-corrected chi connectivity index (χ0v) is 9.04. The molecule has 0 atom stereocenters. The molecule has 0 aromatic rings. The molecule has 2 heteroatoms. The van der Waals surface area contributed by atoms with Gasteiger partial charge in [0.1, 0.15) is 0 Å². The summed E-state index contributed by atoms with van der Waals surface area (Å²) in [6.45, 7) is 7.18. The van der Waals surface area contributed by atoms with Gasteiger partial charge in [-0.1, -0.05) is 25.7 Å². The molecule has 61 valence electrons. The van der Waals surface area contributed by atoms with Crippen LogP contribution in [0.3, 0.4) is 0 Å². The van der Waals surface area contributed by atoms with Crippen LogP contribution < -0.4 is 0 Å². The van der Waals surface area contributed by atoms with Gasteiger partial charge < -0.3 is 0 Å². The molecule has 0 fully saturated rings. The van der Waals surface area contributed by atoms with E-state index in [0.29, 0.717) is 0 Å². The van der Waals surface area contributed by atoms with Crippen molar-refractivity contribution >= 4 is 19.7 Å². The summed E-state index contributed by atoms with van der Waals surface area (Å²) in [5.74, 6) is 0.808. The van der Waals surface area contributed by atoms with E-state index < -0.39 is 8.07 Å². The Morgan fingerprint density at radius 1 is 1.30 bits per heavy atom. The van der Waals surface area contributed by atoms with Gasteiger partial charge in [-0.3, -0.25) is 0 Å². The Labute approximate surface area is 71.0 Å². The summed E-state index contributed by atoms with van der Waals surface area (Å²) in [5.41, 5.74) is 0. The molecule has 0 nitrogen and oxygen atoms in total. The molecule has 0 aliphatic heterocycles. The predicted octanol–water partition coefficient (Wildman–Crippen LogP) is 3.55. The van der Waals surface area contributed by atoms with Crippen LogP contribution in [-0.4, -0.2) is 14.0 Å². The molecule has 0 rings (SSSR count). The fraction of sp³-hybridized carbons (Fsp3) is 0.875. The molecular formula is C8H18ClSi. The van der Waals surface area contributed by atoms with Gasteiger partial charge in [0.15, 0.2) is 0 Å². The quantitative estimate of drug-likeness (QED) is 0.343. The van der Waals surface area contributed by atoms with Gasteiger partial charge in [-0.15, -0.1) is 11.6 Å². The first-order valence-electron chi connectivity index (χ1n) is 3.94. The lowest BCUT2D eigenvalue weighted by Crippen LogP contribution is -2.18. The first-order chi connectivity index (χ1) is 4.56. The SMILES string of the molecule is C[Si](C)(C)C[CH]CCCCl. The average molecular weight is 178 g/mol. The summed E-state index contributed by atoms with van der Waals surface area (Å²) < 4.78 is 0. The molecule has 0 spiro atoms. The summed E-state index contributed by atoms with van der Waals surface area (Å²) in [7, 11) is -0.806. The summed E-state index contributed by atoms with van der Waals surface area (Å²) >= 11 is 5.54. The summed E-state index contributed by atoms with van der Waals surface area (Å²) in [4.78, 5) is 0. The van der Waals surface area contributed by atoms with Gasteiger partial charge in [0.25, 0.3) is 0 Å². The van der Waals surface area contributed by atoms with Gasteiger partial charge in [-0.25, -0.2) is 0 Å². The van der Waals surface area contributed by atoms with Gasteiger partial charge >= 0.3 is 0 Å². The monoisotopic (exact) mass is 177 g/mol. The highest BCUT2D eigenvalue weighted by molar-refractivity contribution is 6.76. The molecule has 0 saturated heterocycles. The van der Waals surface area contributed by atoms with Crippen molar-refractivity contribution in [2.75, 3.05) is 5.88 Å². The third-order valence-electron chi connectivity index (χ3n) is 1.30. The lowest BCUT2D eigenvalue weighted by Gasteiger charge is -2.14. The molecule has 0 unspecified atom stereocenters. The van der Waals surface area contributed by atoms with Crippen LogP contribution in [0.5, 0.6) is 0 Å². The minimum atomic E-state index is -0.806. The third-order valence-corrected chi connectivity index (χ3v) is 3.08. The molecule has 10 heavy (non-hydrogen) atoms. The highest BCUT2D eigenvalue weighted by Crippen LogP contribution is 2.12. The van der Waals surface area contributed by atoms with Crippen molar-refractivity contribution in [1.82, 2.24) is 0 Å². The fourth-order valence-electron chi connectivity index (χ4n) is 0.757. The Kier molecular flexibility index (Phi) is 5.46. The Bertz CT molecular complexity index is 75.8. The largest absolute Gasteiger partial charge is 0.127 e. The Morgan fingerprint density at radius 2 is 1.90 bits per heavy atom. The molecule has 0 aliphatic rings. The van der Waals surface area contributed by atoms with Gasteiger partial charge in [0.2, 0.25) is 0 Å². The van der Waals surface area contributed by atoms with Crippen molar-refractivity contribution in [2.45, 2.75) is 38.5 Å². The predicted molar refractivity (Wildman–Crippen MR) is 52.4 cm³/mol. The van der Waals surface area contributed by atoms with E-state index in [-0.39, 0.29) is 0 Å². The Hall–Kier alpha value is 0.507. The Morgan fingerprint density at radius 3 is 2.30 bits per heavy atom. The van der Waals surface area contributed by atoms with E-state index in [0.717, 1.165) is 12.3 Å². The van der Waals surface area contributed by atoms with Crippen molar-refractivity contribution in [2.24, 2.45) is 0 Å². The lowest BCUT2D eigenvalue weighted by atomic mass is 10.3. The minimum absolute atomic E-state index is 0.806. The second-order valence-electron chi connectivity index (χ2n) is 3.88. The van der Waals surface area contributed by atoms with Gasteiger partial charge in [0, 0.05) is 14.0 Å². The van der Waals surface area contributed by atoms with E-state index in [4.69, 9.17) is 11.6 Å². The summed E-state index contributed by atoms with van der Waals surface area (Å²) in [6, 6.07) is 1.34. The second-order valence-corrected chi connectivity index (χ2v) is 9.79. The van der Waals surface area contributed by atoms with Crippen molar-refractivity contribution < 1.29 is 0 Å². The highest BCUT2D eigenvalue weighted by Gasteiger charge is 2.11. The topological polar surface area (TPSA) is 0 Å². The van der Waals surface area contributed by atoms with Gasteiger partial charge in [-0.05, 0) is 19.3 Å². The number of rotatable bonds is 5. The number of unbranched alkanes of at least 4 members (excludes halogenated alkanes) is 2. The molecule has 0 aliphatic carbocycles. The zero-order chi connectivity index (χ0) is 8.04. The van der Waals surface area contributed by atoms with Crippen molar-refractivity contribution in [3.63, 3.8) is 0 Å². The average Bonchev–Trinajstić information content (AvgIpc) is 1.78. The molecule has 0 heterocycles. The summed E-state index contributed by atoms with van der Waals surface area (Å²) in [5, 5.41) is 0. The molecular weight excluding hydrogens is 160 g/mol. The standard InChI is InChI=1S/C8H18ClSi/c1-10(2,3)8-6-4-5-7-9/h6H,4-5,7-8H2,1-3H3. The van der Waals surface area contributed by atoms with Crippen LogP contribution in [0.1, 0.15) is 12.8 Å². The third kappa shape index (κ3) is 8.51. The fourth-order valence-corrected chi connectivity index (χ4v) is 1.98. The first kappa shape index (κ1) is 10.5. The number of alkyl halides is 1. The summed E-state index contributed by atoms with van der Waals surface area (Å²) in [6.07, 6.45) is 4.74. The zero-order valence-electron chi connectivity index (χ0n) is 7.28. The van der Waals surface area contributed by atoms with Gasteiger partial charge in [0.05, 0.1) is 0 Å². The minimum Gasteiger partial charge on any atom is -0.127 e. The number of hydrogen-bond acceptors (Lipinski definition) is 0. The van der Waals surface area contributed by atoms with Crippen LogP contribution in [0.15, 0.2) is 0 Å². The smallest absolute Gasteiger partial charge is 0.0445 e. The molecule has 0 saturated carbocycles. The molecule has 0 aromatic carbocycles. The van der Waals surface area contributed by atoms with E-state index in [1.165, 1.54) is 12.5 Å². The lowest BCUT2D eigenvalue weighted by molar-refractivity contribution is 0.901. The van der Waals surface area contributed by atoms with Crippen LogP contribution in [-0.2, 0) is 0 Å². The maximum atomic E-state index is 5.54. The van der Waals surface area contributed by atoms with Crippen molar-refractivity contribution in [3.8, 4) is 0 Å². The maximum Gasteiger partial charge on any atom is 0.0445 e.